The molecule has 0 saturated heterocycles. The van der Waals surface area contributed by atoms with E-state index in [1.54, 1.807) is 18.2 Å². The van der Waals surface area contributed by atoms with Crippen molar-refractivity contribution in [3.63, 3.8) is 0 Å². The fourth-order valence-electron chi connectivity index (χ4n) is 2.18. The van der Waals surface area contributed by atoms with E-state index < -0.39 is 20.1 Å². The normalized spacial score (nSPS) is 11.8. The Hall–Kier alpha value is -2.36. The van der Waals surface area contributed by atoms with Gasteiger partial charge in [0.1, 0.15) is 16.4 Å². The highest BCUT2D eigenvalue weighted by atomic mass is 32.2. The molecule has 9 heteroatoms. The first-order valence-electron chi connectivity index (χ1n) is 7.61. The number of ether oxygens (including phenoxy) is 1. The molecule has 2 aromatic carbocycles. The van der Waals surface area contributed by atoms with Gasteiger partial charge in [-0.05, 0) is 49.7 Å². The Morgan fingerprint density at radius 1 is 1.08 bits per heavy atom. The van der Waals surface area contributed by atoms with Crippen molar-refractivity contribution in [3.05, 3.63) is 60.7 Å². The van der Waals surface area contributed by atoms with Crippen LogP contribution in [-0.2, 0) is 26.6 Å². The molecule has 0 aliphatic heterocycles. The molecule has 0 aliphatic carbocycles. The molecular formula is C17H19NO6S2. The molecule has 0 heterocycles. The minimum atomic E-state index is -4.26. The smallest absolute Gasteiger partial charge is 0.339 e. The van der Waals surface area contributed by atoms with Crippen molar-refractivity contribution >= 4 is 20.1 Å². The average molecular weight is 397 g/mol. The van der Waals surface area contributed by atoms with Gasteiger partial charge in [-0.1, -0.05) is 12.1 Å². The van der Waals surface area contributed by atoms with Gasteiger partial charge in [0.25, 0.3) is 0 Å². The number of nitrogens with two attached hydrogens (primary N) is 1. The SMILES string of the molecule is C=CCc1cc(OCC)ccc1OS(=O)(=O)c1cccc(S(N)(=O)=O)c1. The van der Waals surface area contributed by atoms with Crippen molar-refractivity contribution in [2.24, 2.45) is 5.14 Å². The molecule has 0 spiro atoms. The summed E-state index contributed by atoms with van der Waals surface area (Å²) in [4.78, 5) is -0.636. The standard InChI is InChI=1S/C17H19NO6S2/c1-3-6-13-11-14(23-4-2)9-10-17(13)24-26(21,22)16-8-5-7-15(12-16)25(18,19)20/h3,5,7-12H,1,4,6H2,2H3,(H2,18,19,20). The zero-order valence-electron chi connectivity index (χ0n) is 14.1. The molecule has 0 unspecified atom stereocenters. The summed E-state index contributed by atoms with van der Waals surface area (Å²) in [5.41, 5.74) is 0.567. The summed E-state index contributed by atoms with van der Waals surface area (Å²) in [5.74, 6) is 0.680. The Balaban J connectivity index is 2.42. The van der Waals surface area contributed by atoms with Crippen molar-refractivity contribution in [3.8, 4) is 11.5 Å². The lowest BCUT2D eigenvalue weighted by molar-refractivity contribution is 0.339. The van der Waals surface area contributed by atoms with E-state index in [4.69, 9.17) is 14.1 Å². The number of hydrogen-bond donors (Lipinski definition) is 1. The molecule has 7 nitrogen and oxygen atoms in total. The second kappa shape index (κ2) is 7.90. The van der Waals surface area contributed by atoms with Crippen LogP contribution in [0.15, 0.2) is 64.9 Å². The number of sulfonamides is 1. The van der Waals surface area contributed by atoms with Crippen LogP contribution in [0.25, 0.3) is 0 Å². The van der Waals surface area contributed by atoms with Gasteiger partial charge in [-0.2, -0.15) is 8.42 Å². The molecule has 0 saturated carbocycles. The van der Waals surface area contributed by atoms with Crippen LogP contribution in [0.4, 0.5) is 0 Å². The average Bonchev–Trinajstić information content (AvgIpc) is 2.57. The Labute approximate surface area is 153 Å². The molecule has 2 aromatic rings. The fraction of sp³-hybridized carbons (Fsp3) is 0.176. The van der Waals surface area contributed by atoms with Crippen LogP contribution in [0.5, 0.6) is 11.5 Å². The molecule has 0 bridgehead atoms. The summed E-state index contributed by atoms with van der Waals surface area (Å²) in [6.45, 7) is 5.94. The second-order valence-corrected chi connectivity index (χ2v) is 8.36. The Kier molecular flexibility index (Phi) is 6.06. The number of rotatable bonds is 8. The van der Waals surface area contributed by atoms with Crippen LogP contribution in [0, 0.1) is 0 Å². The Bertz CT molecular complexity index is 1010. The molecule has 0 aromatic heterocycles. The summed E-state index contributed by atoms with van der Waals surface area (Å²) >= 11 is 0. The van der Waals surface area contributed by atoms with E-state index in [-0.39, 0.29) is 15.5 Å². The van der Waals surface area contributed by atoms with Crippen molar-refractivity contribution in [1.29, 1.82) is 0 Å². The van der Waals surface area contributed by atoms with E-state index in [0.717, 1.165) is 6.07 Å². The van der Waals surface area contributed by atoms with Gasteiger partial charge in [-0.15, -0.1) is 6.58 Å². The minimum absolute atomic E-state index is 0.106. The van der Waals surface area contributed by atoms with Gasteiger partial charge >= 0.3 is 10.1 Å². The van der Waals surface area contributed by atoms with E-state index in [9.17, 15) is 16.8 Å². The van der Waals surface area contributed by atoms with Crippen molar-refractivity contribution < 1.29 is 25.8 Å². The number of primary sulfonamides is 1. The fourth-order valence-corrected chi connectivity index (χ4v) is 3.83. The summed E-state index contributed by atoms with van der Waals surface area (Å²) < 4.78 is 58.5. The molecule has 0 amide bonds. The summed E-state index contributed by atoms with van der Waals surface area (Å²) in [6.07, 6.45) is 1.97. The van der Waals surface area contributed by atoms with Crippen LogP contribution in [-0.4, -0.2) is 23.4 Å². The number of benzene rings is 2. The molecule has 2 N–H and O–H groups in total. The zero-order valence-corrected chi connectivity index (χ0v) is 15.7. The van der Waals surface area contributed by atoms with Crippen LogP contribution < -0.4 is 14.1 Å². The van der Waals surface area contributed by atoms with Gasteiger partial charge in [-0.25, -0.2) is 13.6 Å². The van der Waals surface area contributed by atoms with Gasteiger partial charge in [-0.3, -0.25) is 0 Å². The van der Waals surface area contributed by atoms with Gasteiger partial charge in [0.2, 0.25) is 10.0 Å². The molecular weight excluding hydrogens is 378 g/mol. The molecule has 0 atom stereocenters. The molecule has 26 heavy (non-hydrogen) atoms. The minimum Gasteiger partial charge on any atom is -0.494 e. The molecule has 140 valence electrons. The van der Waals surface area contributed by atoms with Crippen molar-refractivity contribution in [2.75, 3.05) is 6.61 Å². The predicted octanol–water partition coefficient (Wildman–Crippen LogP) is 2.23. The third-order valence-corrected chi connectivity index (χ3v) is 5.47. The highest BCUT2D eigenvalue weighted by Gasteiger charge is 2.21. The number of hydrogen-bond acceptors (Lipinski definition) is 6. The van der Waals surface area contributed by atoms with Crippen LogP contribution in [0.1, 0.15) is 12.5 Å². The van der Waals surface area contributed by atoms with Gasteiger partial charge in [0.15, 0.2) is 0 Å². The lowest BCUT2D eigenvalue weighted by atomic mass is 10.1. The third-order valence-electron chi connectivity index (χ3n) is 3.33. The van der Waals surface area contributed by atoms with E-state index in [0.29, 0.717) is 24.3 Å². The van der Waals surface area contributed by atoms with Gasteiger partial charge < -0.3 is 8.92 Å². The summed E-state index contributed by atoms with van der Waals surface area (Å²) in [7, 11) is -8.29. The summed E-state index contributed by atoms with van der Waals surface area (Å²) in [5, 5.41) is 5.04. The quantitative estimate of drug-likeness (QED) is 0.540. The van der Waals surface area contributed by atoms with Crippen LogP contribution in [0.3, 0.4) is 0 Å². The van der Waals surface area contributed by atoms with Crippen LogP contribution in [0.2, 0.25) is 0 Å². The van der Waals surface area contributed by atoms with Gasteiger partial charge in [0.05, 0.1) is 11.5 Å². The lowest BCUT2D eigenvalue weighted by Crippen LogP contribution is -2.15. The van der Waals surface area contributed by atoms with E-state index in [2.05, 4.69) is 6.58 Å². The van der Waals surface area contributed by atoms with Crippen LogP contribution >= 0.6 is 0 Å². The maximum Gasteiger partial charge on any atom is 0.339 e. The highest BCUT2D eigenvalue weighted by Crippen LogP contribution is 2.28. The van der Waals surface area contributed by atoms with Crippen molar-refractivity contribution in [1.82, 2.24) is 0 Å². The first-order valence-corrected chi connectivity index (χ1v) is 10.6. The van der Waals surface area contributed by atoms with E-state index >= 15 is 0 Å². The second-order valence-electron chi connectivity index (χ2n) is 5.25. The zero-order chi connectivity index (χ0) is 19.4. The van der Waals surface area contributed by atoms with Crippen molar-refractivity contribution in [2.45, 2.75) is 23.1 Å². The lowest BCUT2D eigenvalue weighted by Gasteiger charge is -2.13. The third kappa shape index (κ3) is 4.84. The molecule has 0 fully saturated rings. The summed E-state index contributed by atoms with van der Waals surface area (Å²) in [6, 6.07) is 9.38. The number of allylic oxidation sites excluding steroid dienone is 1. The Morgan fingerprint density at radius 2 is 1.77 bits per heavy atom. The topological polar surface area (TPSA) is 113 Å². The molecule has 0 radical (unpaired) electrons. The van der Waals surface area contributed by atoms with E-state index in [1.807, 2.05) is 6.92 Å². The molecule has 2 rings (SSSR count). The first-order chi connectivity index (χ1) is 12.2. The highest BCUT2D eigenvalue weighted by molar-refractivity contribution is 7.89. The monoisotopic (exact) mass is 397 g/mol. The van der Waals surface area contributed by atoms with E-state index in [1.165, 1.54) is 24.3 Å². The predicted molar refractivity (Wildman–Crippen MR) is 97.1 cm³/mol. The largest absolute Gasteiger partial charge is 0.494 e. The Morgan fingerprint density at radius 3 is 2.38 bits per heavy atom. The maximum absolute atomic E-state index is 12.5. The first kappa shape index (κ1) is 20.0. The molecule has 0 aliphatic rings. The maximum atomic E-state index is 12.5. The van der Waals surface area contributed by atoms with Gasteiger partial charge in [0, 0.05) is 5.56 Å².